The standard InChI is InChI=1S/C35H50N2/c1-8-11-14-17-29-24-34(30-20-25(4)32(26(5)21-30)18-15-12-9-2)37(36)35(29)31-22-27(6)33(28(7)23-31)19-16-13-10-3/h20-24H,8-19H2,1-7H3. The molecule has 0 saturated carbocycles. The van der Waals surface area contributed by atoms with Crippen LogP contribution in [0.25, 0.3) is 16.9 Å². The highest BCUT2D eigenvalue weighted by Crippen LogP contribution is 2.39. The Hall–Kier alpha value is -2.48. The van der Waals surface area contributed by atoms with E-state index in [1.165, 1.54) is 95.0 Å². The van der Waals surface area contributed by atoms with Gasteiger partial charge < -0.3 is 5.53 Å². The second-order valence-corrected chi connectivity index (χ2v) is 11.3. The van der Waals surface area contributed by atoms with Gasteiger partial charge in [0.15, 0.2) is 0 Å². The Morgan fingerprint density at radius 1 is 0.568 bits per heavy atom. The molecule has 37 heavy (non-hydrogen) atoms. The van der Waals surface area contributed by atoms with Crippen LogP contribution in [0, 0.1) is 27.7 Å². The van der Waals surface area contributed by atoms with Gasteiger partial charge in [0.2, 0.25) is 11.4 Å². The Bertz CT molecular complexity index is 1120. The molecule has 0 aliphatic carbocycles. The lowest BCUT2D eigenvalue weighted by atomic mass is 9.92. The van der Waals surface area contributed by atoms with Crippen molar-refractivity contribution >= 4 is 11.4 Å². The molecule has 0 spiro atoms. The molecule has 0 N–H and O–H groups in total. The van der Waals surface area contributed by atoms with Gasteiger partial charge in [-0.3, -0.25) is 0 Å². The van der Waals surface area contributed by atoms with Gasteiger partial charge in [-0.1, -0.05) is 59.3 Å². The van der Waals surface area contributed by atoms with Crippen LogP contribution < -0.4 is 0 Å². The fourth-order valence-electron chi connectivity index (χ4n) is 5.98. The second kappa shape index (κ2) is 13.9. The number of aryl methyl sites for hydroxylation is 4. The van der Waals surface area contributed by atoms with Gasteiger partial charge in [0.25, 0.3) is 0 Å². The molecule has 0 radical (unpaired) electrons. The molecule has 2 aromatic rings. The van der Waals surface area contributed by atoms with Crippen molar-refractivity contribution in [2.24, 2.45) is 0 Å². The maximum absolute atomic E-state index is 11.6. The summed E-state index contributed by atoms with van der Waals surface area (Å²) in [6.07, 6.45) is 16.6. The largest absolute Gasteiger partial charge is 0.493 e. The molecule has 1 aliphatic rings. The lowest BCUT2D eigenvalue weighted by Gasteiger charge is -2.16. The summed E-state index contributed by atoms with van der Waals surface area (Å²) in [5.74, 6) is 0. The van der Waals surface area contributed by atoms with Crippen molar-refractivity contribution in [2.45, 2.75) is 126 Å². The molecular formula is C35H50N2. The number of hydrogen-bond acceptors (Lipinski definition) is 0. The van der Waals surface area contributed by atoms with Crippen molar-refractivity contribution in [1.82, 2.24) is 0 Å². The molecule has 0 aromatic heterocycles. The monoisotopic (exact) mass is 498 g/mol. The zero-order chi connectivity index (χ0) is 26.9. The van der Waals surface area contributed by atoms with E-state index in [0.29, 0.717) is 0 Å². The van der Waals surface area contributed by atoms with Gasteiger partial charge in [0.1, 0.15) is 0 Å². The lowest BCUT2D eigenvalue weighted by molar-refractivity contribution is -0.344. The lowest BCUT2D eigenvalue weighted by Crippen LogP contribution is -2.06. The first kappa shape index (κ1) is 29.1. The average Bonchev–Trinajstić information content (AvgIpc) is 3.18. The summed E-state index contributed by atoms with van der Waals surface area (Å²) in [4.78, 5) is 0. The number of allylic oxidation sites excluding steroid dienone is 2. The molecule has 200 valence electrons. The molecule has 3 rings (SSSR count). The summed E-state index contributed by atoms with van der Waals surface area (Å²) >= 11 is 0. The highest BCUT2D eigenvalue weighted by atomic mass is 15.2. The van der Waals surface area contributed by atoms with Crippen molar-refractivity contribution in [3.8, 4) is 0 Å². The van der Waals surface area contributed by atoms with Gasteiger partial charge in [-0.25, -0.2) is 4.70 Å². The van der Waals surface area contributed by atoms with Gasteiger partial charge in [-0.15, -0.1) is 0 Å². The van der Waals surface area contributed by atoms with E-state index in [4.69, 9.17) is 0 Å². The minimum Gasteiger partial charge on any atom is -0.493 e. The first-order chi connectivity index (χ1) is 17.8. The Morgan fingerprint density at radius 2 is 0.973 bits per heavy atom. The maximum atomic E-state index is 11.6. The highest BCUT2D eigenvalue weighted by molar-refractivity contribution is 5.79. The molecule has 0 unspecified atom stereocenters. The summed E-state index contributed by atoms with van der Waals surface area (Å²) < 4.78 is 1.48. The molecule has 2 aromatic carbocycles. The number of rotatable bonds is 14. The predicted octanol–water partition coefficient (Wildman–Crippen LogP) is 10.8. The van der Waals surface area contributed by atoms with Crippen molar-refractivity contribution in [2.75, 3.05) is 0 Å². The number of nitrogens with zero attached hydrogens (tertiary/aromatic N) is 2. The Kier molecular flexibility index (Phi) is 10.9. The van der Waals surface area contributed by atoms with E-state index in [0.717, 1.165) is 48.2 Å². The van der Waals surface area contributed by atoms with Crippen molar-refractivity contribution in [3.05, 3.63) is 86.0 Å². The van der Waals surface area contributed by atoms with Crippen LogP contribution in [-0.4, -0.2) is 4.70 Å². The van der Waals surface area contributed by atoms with Crippen LogP contribution in [-0.2, 0) is 12.8 Å². The normalized spacial score (nSPS) is 13.6. The Labute approximate surface area is 227 Å². The number of unbranched alkanes of at least 4 members (excludes halogenated alkanes) is 6. The third-order valence-corrected chi connectivity index (χ3v) is 8.13. The maximum Gasteiger partial charge on any atom is 0.210 e. The third-order valence-electron chi connectivity index (χ3n) is 8.13. The summed E-state index contributed by atoms with van der Waals surface area (Å²) in [6.45, 7) is 15.7. The zero-order valence-corrected chi connectivity index (χ0v) is 24.8. The van der Waals surface area contributed by atoms with E-state index in [9.17, 15) is 5.53 Å². The molecule has 2 heteroatoms. The van der Waals surface area contributed by atoms with Gasteiger partial charge in [-0.05, 0) is 124 Å². The molecule has 0 bridgehead atoms. The minimum atomic E-state index is 0.912. The SMILES string of the molecule is CCCCCC1=C(c2cc(C)c(CCCCC)c(C)c2)[N+](=[N-])C(c2cc(C)c(CCCCC)c(C)c2)=C1. The van der Waals surface area contributed by atoms with Crippen LogP contribution >= 0.6 is 0 Å². The molecule has 1 heterocycles. The van der Waals surface area contributed by atoms with E-state index in [-0.39, 0.29) is 0 Å². The first-order valence-electron chi connectivity index (χ1n) is 15.0. The van der Waals surface area contributed by atoms with Crippen LogP contribution in [0.15, 0.2) is 35.9 Å². The van der Waals surface area contributed by atoms with Crippen molar-refractivity contribution in [3.63, 3.8) is 0 Å². The van der Waals surface area contributed by atoms with Crippen LogP contribution in [0.3, 0.4) is 0 Å². The smallest absolute Gasteiger partial charge is 0.210 e. The third kappa shape index (κ3) is 7.09. The highest BCUT2D eigenvalue weighted by Gasteiger charge is 2.30. The van der Waals surface area contributed by atoms with Crippen LogP contribution in [0.1, 0.15) is 129 Å². The fraction of sp³-hybridized carbons (Fsp3) is 0.543. The zero-order valence-electron chi connectivity index (χ0n) is 24.8. The molecule has 0 fully saturated rings. The van der Waals surface area contributed by atoms with E-state index in [2.05, 4.69) is 78.8 Å². The number of hydrogen-bond donors (Lipinski definition) is 0. The van der Waals surface area contributed by atoms with Gasteiger partial charge in [-0.2, -0.15) is 0 Å². The molecule has 1 aliphatic heterocycles. The second-order valence-electron chi connectivity index (χ2n) is 11.3. The summed E-state index contributed by atoms with van der Waals surface area (Å²) in [5, 5.41) is 0. The molecular weight excluding hydrogens is 448 g/mol. The van der Waals surface area contributed by atoms with E-state index >= 15 is 0 Å². The van der Waals surface area contributed by atoms with Crippen molar-refractivity contribution in [1.29, 1.82) is 0 Å². The molecule has 0 saturated heterocycles. The fourth-order valence-corrected chi connectivity index (χ4v) is 5.98. The topological polar surface area (TPSA) is 25.3 Å². The van der Waals surface area contributed by atoms with Crippen LogP contribution in [0.2, 0.25) is 0 Å². The van der Waals surface area contributed by atoms with E-state index < -0.39 is 0 Å². The average molecular weight is 499 g/mol. The summed E-state index contributed by atoms with van der Waals surface area (Å²) in [6, 6.07) is 9.17. The quantitative estimate of drug-likeness (QED) is 0.183. The van der Waals surface area contributed by atoms with Crippen LogP contribution in [0.5, 0.6) is 0 Å². The summed E-state index contributed by atoms with van der Waals surface area (Å²) in [7, 11) is 0. The summed E-state index contributed by atoms with van der Waals surface area (Å²) in [5.41, 5.74) is 25.3. The Balaban J connectivity index is 1.97. The molecule has 0 amide bonds. The van der Waals surface area contributed by atoms with E-state index in [1.807, 2.05) is 0 Å². The van der Waals surface area contributed by atoms with Gasteiger partial charge in [0.05, 0.1) is 0 Å². The molecule has 2 nitrogen and oxygen atoms in total. The van der Waals surface area contributed by atoms with E-state index in [1.54, 1.807) is 0 Å². The Morgan fingerprint density at radius 3 is 1.41 bits per heavy atom. The molecule has 0 atom stereocenters. The van der Waals surface area contributed by atoms with Crippen LogP contribution in [0.4, 0.5) is 0 Å². The number of benzene rings is 2. The van der Waals surface area contributed by atoms with Gasteiger partial charge >= 0.3 is 0 Å². The minimum absolute atomic E-state index is 0.912. The van der Waals surface area contributed by atoms with Gasteiger partial charge in [0, 0.05) is 22.8 Å². The first-order valence-corrected chi connectivity index (χ1v) is 15.0. The predicted molar refractivity (Wildman–Crippen MR) is 161 cm³/mol. The van der Waals surface area contributed by atoms with Crippen molar-refractivity contribution < 1.29 is 4.70 Å².